The van der Waals surface area contributed by atoms with E-state index >= 15 is 0 Å². The largest absolute Gasteiger partial charge is 0.460 e. The number of carbonyl (C=O) groups is 1. The molecule has 0 heterocycles. The van der Waals surface area contributed by atoms with Crippen LogP contribution in [0.4, 0.5) is 11.4 Å². The van der Waals surface area contributed by atoms with Gasteiger partial charge in [-0.1, -0.05) is 62.6 Å². The lowest BCUT2D eigenvalue weighted by molar-refractivity contribution is -0.135. The molecule has 0 spiro atoms. The van der Waals surface area contributed by atoms with Crippen LogP contribution in [0, 0.1) is 0 Å². The fourth-order valence-corrected chi connectivity index (χ4v) is 2.10. The van der Waals surface area contributed by atoms with Gasteiger partial charge < -0.3 is 4.74 Å². The molecule has 2 aromatic carbocycles. The topological polar surface area (TPSA) is 75.4 Å². The Morgan fingerprint density at radius 3 is 2.35 bits per heavy atom. The first kappa shape index (κ1) is 19.3. The number of hydrazone groups is 1. The van der Waals surface area contributed by atoms with Crippen LogP contribution in [0.2, 0.25) is 0 Å². The van der Waals surface area contributed by atoms with E-state index in [9.17, 15) is 4.79 Å². The molecule has 6 nitrogen and oxygen atoms in total. The van der Waals surface area contributed by atoms with Crippen LogP contribution in [0.1, 0.15) is 32.6 Å². The highest BCUT2D eigenvalue weighted by Gasteiger charge is 2.13. The van der Waals surface area contributed by atoms with Crippen molar-refractivity contribution in [2.75, 3.05) is 12.0 Å². The van der Waals surface area contributed by atoms with E-state index in [-0.39, 0.29) is 5.84 Å². The van der Waals surface area contributed by atoms with Gasteiger partial charge in [-0.25, -0.2) is 4.79 Å². The summed E-state index contributed by atoms with van der Waals surface area (Å²) in [6.45, 7) is 2.49. The molecule has 0 aliphatic heterocycles. The Kier molecular flexibility index (Phi) is 8.55. The SMILES string of the molecule is CCCCCCOC(=O)C(N=Nc1ccccc1)=NNc1ccccc1. The molecule has 0 bridgehead atoms. The summed E-state index contributed by atoms with van der Waals surface area (Å²) in [4.78, 5) is 12.3. The van der Waals surface area contributed by atoms with Crippen LogP contribution in [-0.4, -0.2) is 18.4 Å². The van der Waals surface area contributed by atoms with E-state index in [1.165, 1.54) is 0 Å². The summed E-state index contributed by atoms with van der Waals surface area (Å²) in [5.74, 6) is -0.710. The lowest BCUT2D eigenvalue weighted by Crippen LogP contribution is -2.17. The van der Waals surface area contributed by atoms with Gasteiger partial charge in [-0.15, -0.1) is 15.3 Å². The summed E-state index contributed by atoms with van der Waals surface area (Å²) in [6, 6.07) is 18.5. The quantitative estimate of drug-likeness (QED) is 0.174. The Labute approximate surface area is 154 Å². The molecule has 1 N–H and O–H groups in total. The molecule has 0 saturated carbocycles. The predicted molar refractivity (Wildman–Crippen MR) is 104 cm³/mol. The van der Waals surface area contributed by atoms with Crippen molar-refractivity contribution in [1.29, 1.82) is 0 Å². The Hall–Kier alpha value is -3.02. The first-order chi connectivity index (χ1) is 12.8. The molecule has 136 valence electrons. The summed E-state index contributed by atoms with van der Waals surface area (Å²) in [7, 11) is 0. The second-order valence-corrected chi connectivity index (χ2v) is 5.65. The number of para-hydroxylation sites is 1. The molecule has 2 aromatic rings. The first-order valence-corrected chi connectivity index (χ1v) is 8.82. The van der Waals surface area contributed by atoms with Crippen LogP contribution in [0.15, 0.2) is 76.0 Å². The molecule has 0 atom stereocenters. The van der Waals surface area contributed by atoms with Gasteiger partial charge in [0.25, 0.3) is 5.84 Å². The highest BCUT2D eigenvalue weighted by Crippen LogP contribution is 2.11. The Morgan fingerprint density at radius 2 is 1.65 bits per heavy atom. The smallest absolute Gasteiger partial charge is 0.380 e. The number of amidine groups is 1. The monoisotopic (exact) mass is 352 g/mol. The Morgan fingerprint density at radius 1 is 0.962 bits per heavy atom. The summed E-state index contributed by atoms with van der Waals surface area (Å²) in [5.41, 5.74) is 4.19. The maximum absolute atomic E-state index is 12.3. The molecule has 0 unspecified atom stereocenters. The molecule has 0 aliphatic carbocycles. The molecular weight excluding hydrogens is 328 g/mol. The molecule has 2 rings (SSSR count). The summed E-state index contributed by atoms with van der Waals surface area (Å²) in [5, 5.41) is 12.1. The third-order valence-electron chi connectivity index (χ3n) is 3.49. The van der Waals surface area contributed by atoms with Crippen molar-refractivity contribution in [2.45, 2.75) is 32.6 Å². The number of azo groups is 1. The predicted octanol–water partition coefficient (Wildman–Crippen LogP) is 5.32. The molecule has 0 fully saturated rings. The van der Waals surface area contributed by atoms with E-state index < -0.39 is 5.97 Å². The molecule has 0 amide bonds. The van der Waals surface area contributed by atoms with Crippen molar-refractivity contribution in [2.24, 2.45) is 15.3 Å². The number of ether oxygens (including phenoxy) is 1. The first-order valence-electron chi connectivity index (χ1n) is 8.82. The standard InChI is InChI=1S/C20H24N4O2/c1-2-3-4-11-16-26-20(25)19(23-21-17-12-7-5-8-13-17)24-22-18-14-9-6-10-15-18/h5-10,12-15,21H,2-4,11,16H2,1H3. The highest BCUT2D eigenvalue weighted by molar-refractivity contribution is 6.35. The minimum atomic E-state index is -0.593. The maximum Gasteiger partial charge on any atom is 0.380 e. The normalized spacial score (nSPS) is 11.5. The molecule has 0 saturated heterocycles. The molecule has 6 heteroatoms. The minimum absolute atomic E-state index is 0.117. The Balaban J connectivity index is 2.02. The molecule has 26 heavy (non-hydrogen) atoms. The van der Waals surface area contributed by atoms with Crippen LogP contribution in [0.3, 0.4) is 0 Å². The van der Waals surface area contributed by atoms with Gasteiger partial charge in [0.1, 0.15) is 0 Å². The maximum atomic E-state index is 12.3. The number of hydrogen-bond donors (Lipinski definition) is 1. The van der Waals surface area contributed by atoms with Gasteiger partial charge in [0.2, 0.25) is 0 Å². The molecule has 0 radical (unpaired) electrons. The number of nitrogens with one attached hydrogen (secondary N) is 1. The second-order valence-electron chi connectivity index (χ2n) is 5.65. The lowest BCUT2D eigenvalue weighted by Gasteiger charge is -2.05. The lowest BCUT2D eigenvalue weighted by atomic mass is 10.2. The van der Waals surface area contributed by atoms with E-state index in [4.69, 9.17) is 4.74 Å². The average molecular weight is 352 g/mol. The zero-order chi connectivity index (χ0) is 18.5. The minimum Gasteiger partial charge on any atom is -0.460 e. The number of unbranched alkanes of at least 4 members (excludes halogenated alkanes) is 3. The number of nitrogens with zero attached hydrogens (tertiary/aromatic N) is 3. The molecule has 0 aromatic heterocycles. The van der Waals surface area contributed by atoms with Gasteiger partial charge in [0.15, 0.2) is 0 Å². The van der Waals surface area contributed by atoms with Gasteiger partial charge in [-0.3, -0.25) is 5.43 Å². The van der Waals surface area contributed by atoms with Crippen LogP contribution < -0.4 is 5.43 Å². The van der Waals surface area contributed by atoms with Crippen molar-refractivity contribution in [1.82, 2.24) is 0 Å². The van der Waals surface area contributed by atoms with E-state index in [0.29, 0.717) is 12.3 Å². The number of anilines is 1. The fraction of sp³-hybridized carbons (Fsp3) is 0.300. The van der Waals surface area contributed by atoms with Crippen LogP contribution in [0.5, 0.6) is 0 Å². The zero-order valence-corrected chi connectivity index (χ0v) is 15.0. The number of carbonyl (C=O) groups excluding carboxylic acids is 1. The molecule has 0 aliphatic rings. The van der Waals surface area contributed by atoms with Crippen LogP contribution in [-0.2, 0) is 9.53 Å². The van der Waals surface area contributed by atoms with E-state index in [1.54, 1.807) is 12.1 Å². The second kappa shape index (κ2) is 11.5. The Bertz CT molecular complexity index is 715. The molecular formula is C20H24N4O2. The average Bonchev–Trinajstić information content (AvgIpc) is 2.69. The zero-order valence-electron chi connectivity index (χ0n) is 15.0. The highest BCUT2D eigenvalue weighted by atomic mass is 16.5. The summed E-state index contributed by atoms with van der Waals surface area (Å²) < 4.78 is 5.26. The van der Waals surface area contributed by atoms with E-state index in [2.05, 4.69) is 27.7 Å². The van der Waals surface area contributed by atoms with Gasteiger partial charge in [-0.2, -0.15) is 0 Å². The third-order valence-corrected chi connectivity index (χ3v) is 3.49. The number of hydrogen-bond acceptors (Lipinski definition) is 5. The van der Waals surface area contributed by atoms with Crippen molar-refractivity contribution < 1.29 is 9.53 Å². The van der Waals surface area contributed by atoms with Crippen LogP contribution >= 0.6 is 0 Å². The van der Waals surface area contributed by atoms with Gasteiger partial charge in [0, 0.05) is 0 Å². The third kappa shape index (κ3) is 7.25. The summed E-state index contributed by atoms with van der Waals surface area (Å²) in [6.07, 6.45) is 4.12. The van der Waals surface area contributed by atoms with Crippen LogP contribution in [0.25, 0.3) is 0 Å². The fourth-order valence-electron chi connectivity index (χ4n) is 2.10. The van der Waals surface area contributed by atoms with Gasteiger partial charge in [0.05, 0.1) is 18.0 Å². The number of esters is 1. The number of rotatable bonds is 8. The van der Waals surface area contributed by atoms with Crippen molar-refractivity contribution in [3.63, 3.8) is 0 Å². The van der Waals surface area contributed by atoms with Crippen molar-refractivity contribution in [3.8, 4) is 0 Å². The van der Waals surface area contributed by atoms with Gasteiger partial charge >= 0.3 is 5.97 Å². The number of benzene rings is 2. The summed E-state index contributed by atoms with van der Waals surface area (Å²) >= 11 is 0. The van der Waals surface area contributed by atoms with E-state index in [1.807, 2.05) is 48.5 Å². The van der Waals surface area contributed by atoms with Crippen molar-refractivity contribution in [3.05, 3.63) is 60.7 Å². The van der Waals surface area contributed by atoms with Crippen molar-refractivity contribution >= 4 is 23.2 Å². The van der Waals surface area contributed by atoms with Gasteiger partial charge in [-0.05, 0) is 30.7 Å². The van der Waals surface area contributed by atoms with E-state index in [0.717, 1.165) is 31.4 Å².